The molecule has 1 atom stereocenters. The van der Waals surface area contributed by atoms with Crippen LogP contribution in [0.4, 0.5) is 4.39 Å². The first-order valence-electron chi connectivity index (χ1n) is 8.40. The van der Waals surface area contributed by atoms with Crippen molar-refractivity contribution in [2.24, 2.45) is 5.92 Å². The molecule has 1 heterocycles. The standard InChI is InChI=1S/C18H29FN2/c1-3-18(16-6-4-7-17(19)14-16)20-10-5-11-21-12-8-15(2)9-13-21/h4,6-7,14-15,18,20H,3,5,8-13H2,1-2H3. The molecule has 1 aliphatic rings. The van der Waals surface area contributed by atoms with E-state index in [1.807, 2.05) is 6.07 Å². The molecular formula is C18H29FN2. The van der Waals surface area contributed by atoms with Crippen LogP contribution in [0.25, 0.3) is 0 Å². The van der Waals surface area contributed by atoms with Gasteiger partial charge in [-0.05, 0) is 75.5 Å². The SMILES string of the molecule is CCC(NCCCN1CCC(C)CC1)c1cccc(F)c1. The Morgan fingerprint density at radius 3 is 2.76 bits per heavy atom. The molecule has 0 aromatic heterocycles. The Morgan fingerprint density at radius 2 is 2.10 bits per heavy atom. The topological polar surface area (TPSA) is 15.3 Å². The molecule has 3 heteroatoms. The predicted octanol–water partition coefficient (Wildman–Crippen LogP) is 3.99. The first-order valence-corrected chi connectivity index (χ1v) is 8.40. The molecule has 1 aliphatic heterocycles. The van der Waals surface area contributed by atoms with E-state index in [1.165, 1.54) is 45.0 Å². The highest BCUT2D eigenvalue weighted by Crippen LogP contribution is 2.18. The first kappa shape index (κ1) is 16.4. The second-order valence-corrected chi connectivity index (χ2v) is 6.35. The molecule has 1 unspecified atom stereocenters. The van der Waals surface area contributed by atoms with Crippen molar-refractivity contribution in [1.82, 2.24) is 10.2 Å². The quantitative estimate of drug-likeness (QED) is 0.765. The molecular weight excluding hydrogens is 263 g/mol. The van der Waals surface area contributed by atoms with Crippen molar-refractivity contribution in [3.05, 3.63) is 35.6 Å². The maximum absolute atomic E-state index is 13.3. The number of hydrogen-bond donors (Lipinski definition) is 1. The Balaban J connectivity index is 1.69. The zero-order valence-electron chi connectivity index (χ0n) is 13.4. The van der Waals surface area contributed by atoms with Gasteiger partial charge < -0.3 is 10.2 Å². The Bertz CT molecular complexity index is 413. The van der Waals surface area contributed by atoms with Gasteiger partial charge in [0.15, 0.2) is 0 Å². The fraction of sp³-hybridized carbons (Fsp3) is 0.667. The van der Waals surface area contributed by atoms with E-state index in [-0.39, 0.29) is 11.9 Å². The molecule has 1 saturated heterocycles. The van der Waals surface area contributed by atoms with Gasteiger partial charge in [0.05, 0.1) is 0 Å². The van der Waals surface area contributed by atoms with Gasteiger partial charge in [0.1, 0.15) is 5.82 Å². The Morgan fingerprint density at radius 1 is 1.33 bits per heavy atom. The summed E-state index contributed by atoms with van der Waals surface area (Å²) >= 11 is 0. The van der Waals surface area contributed by atoms with Crippen LogP contribution in [0.2, 0.25) is 0 Å². The number of halogens is 1. The van der Waals surface area contributed by atoms with Gasteiger partial charge in [-0.15, -0.1) is 0 Å². The molecule has 118 valence electrons. The van der Waals surface area contributed by atoms with E-state index in [0.717, 1.165) is 24.4 Å². The average molecular weight is 292 g/mol. The van der Waals surface area contributed by atoms with E-state index in [2.05, 4.69) is 24.1 Å². The van der Waals surface area contributed by atoms with Crippen LogP contribution in [0.1, 0.15) is 51.1 Å². The van der Waals surface area contributed by atoms with E-state index >= 15 is 0 Å². The summed E-state index contributed by atoms with van der Waals surface area (Å²) in [6.45, 7) is 9.18. The minimum atomic E-state index is -0.143. The summed E-state index contributed by atoms with van der Waals surface area (Å²) in [7, 11) is 0. The Labute approximate surface area is 128 Å². The van der Waals surface area contributed by atoms with Crippen LogP contribution >= 0.6 is 0 Å². The average Bonchev–Trinajstić information content (AvgIpc) is 2.49. The maximum Gasteiger partial charge on any atom is 0.123 e. The minimum Gasteiger partial charge on any atom is -0.310 e. The predicted molar refractivity (Wildman–Crippen MR) is 86.9 cm³/mol. The summed E-state index contributed by atoms with van der Waals surface area (Å²) in [4.78, 5) is 2.57. The molecule has 0 amide bonds. The molecule has 0 spiro atoms. The number of rotatable bonds is 7. The van der Waals surface area contributed by atoms with E-state index in [1.54, 1.807) is 12.1 Å². The van der Waals surface area contributed by atoms with Crippen molar-refractivity contribution in [1.29, 1.82) is 0 Å². The van der Waals surface area contributed by atoms with Gasteiger partial charge in [0.2, 0.25) is 0 Å². The zero-order valence-corrected chi connectivity index (χ0v) is 13.4. The monoisotopic (exact) mass is 292 g/mol. The highest BCUT2D eigenvalue weighted by atomic mass is 19.1. The van der Waals surface area contributed by atoms with E-state index in [0.29, 0.717) is 0 Å². The Kier molecular flexibility index (Phi) is 6.65. The molecule has 1 fully saturated rings. The summed E-state index contributed by atoms with van der Waals surface area (Å²) in [5.74, 6) is 0.756. The smallest absolute Gasteiger partial charge is 0.123 e. The normalized spacial score (nSPS) is 18.8. The third-order valence-electron chi connectivity index (χ3n) is 4.58. The van der Waals surface area contributed by atoms with Crippen molar-refractivity contribution in [3.63, 3.8) is 0 Å². The van der Waals surface area contributed by atoms with Crippen molar-refractivity contribution < 1.29 is 4.39 Å². The zero-order chi connectivity index (χ0) is 15.1. The van der Waals surface area contributed by atoms with Gasteiger partial charge in [-0.3, -0.25) is 0 Å². The van der Waals surface area contributed by atoms with Crippen molar-refractivity contribution >= 4 is 0 Å². The lowest BCUT2D eigenvalue weighted by atomic mass is 9.99. The number of likely N-dealkylation sites (tertiary alicyclic amines) is 1. The van der Waals surface area contributed by atoms with E-state index in [4.69, 9.17) is 0 Å². The van der Waals surface area contributed by atoms with Crippen LogP contribution in [0.3, 0.4) is 0 Å². The summed E-state index contributed by atoms with van der Waals surface area (Å²) in [6, 6.07) is 7.23. The second kappa shape index (κ2) is 8.50. The van der Waals surface area contributed by atoms with E-state index in [9.17, 15) is 4.39 Å². The van der Waals surface area contributed by atoms with Crippen LogP contribution in [0, 0.1) is 11.7 Å². The van der Waals surface area contributed by atoms with Gasteiger partial charge in [-0.1, -0.05) is 26.0 Å². The molecule has 21 heavy (non-hydrogen) atoms. The summed E-state index contributed by atoms with van der Waals surface area (Å²) in [6.07, 6.45) is 4.84. The van der Waals surface area contributed by atoms with Crippen molar-refractivity contribution in [2.45, 2.75) is 45.6 Å². The number of hydrogen-bond acceptors (Lipinski definition) is 2. The molecule has 2 nitrogen and oxygen atoms in total. The fourth-order valence-electron chi connectivity index (χ4n) is 3.09. The third-order valence-corrected chi connectivity index (χ3v) is 4.58. The van der Waals surface area contributed by atoms with E-state index < -0.39 is 0 Å². The lowest BCUT2D eigenvalue weighted by Gasteiger charge is -2.30. The Hall–Kier alpha value is -0.930. The molecule has 0 saturated carbocycles. The second-order valence-electron chi connectivity index (χ2n) is 6.35. The van der Waals surface area contributed by atoms with Crippen molar-refractivity contribution in [3.8, 4) is 0 Å². The fourth-order valence-corrected chi connectivity index (χ4v) is 3.09. The molecule has 1 N–H and O–H groups in total. The summed E-state index contributed by atoms with van der Waals surface area (Å²) in [5, 5.41) is 3.57. The molecule has 2 rings (SSSR count). The van der Waals surface area contributed by atoms with Gasteiger partial charge in [0, 0.05) is 6.04 Å². The van der Waals surface area contributed by atoms with Crippen LogP contribution in [-0.4, -0.2) is 31.1 Å². The van der Waals surface area contributed by atoms with Gasteiger partial charge in [0.25, 0.3) is 0 Å². The van der Waals surface area contributed by atoms with Gasteiger partial charge >= 0.3 is 0 Å². The van der Waals surface area contributed by atoms with Gasteiger partial charge in [-0.25, -0.2) is 4.39 Å². The molecule has 0 bridgehead atoms. The molecule has 1 aromatic carbocycles. The van der Waals surface area contributed by atoms with Crippen LogP contribution in [0.15, 0.2) is 24.3 Å². The van der Waals surface area contributed by atoms with Crippen LogP contribution in [-0.2, 0) is 0 Å². The van der Waals surface area contributed by atoms with Crippen molar-refractivity contribution in [2.75, 3.05) is 26.2 Å². The number of nitrogens with one attached hydrogen (secondary N) is 1. The number of benzene rings is 1. The summed E-state index contributed by atoms with van der Waals surface area (Å²) < 4.78 is 13.3. The molecule has 0 aliphatic carbocycles. The molecule has 0 radical (unpaired) electrons. The maximum atomic E-state index is 13.3. The first-order chi connectivity index (χ1) is 10.2. The lowest BCUT2D eigenvalue weighted by molar-refractivity contribution is 0.189. The summed E-state index contributed by atoms with van der Waals surface area (Å²) in [5.41, 5.74) is 1.06. The molecule has 1 aromatic rings. The van der Waals surface area contributed by atoms with Crippen LogP contribution in [0.5, 0.6) is 0 Å². The lowest BCUT2D eigenvalue weighted by Crippen LogP contribution is -2.35. The number of piperidine rings is 1. The largest absolute Gasteiger partial charge is 0.310 e. The minimum absolute atomic E-state index is 0.143. The van der Waals surface area contributed by atoms with Crippen LogP contribution < -0.4 is 5.32 Å². The highest BCUT2D eigenvalue weighted by Gasteiger charge is 2.15. The highest BCUT2D eigenvalue weighted by molar-refractivity contribution is 5.19. The van der Waals surface area contributed by atoms with Gasteiger partial charge in [-0.2, -0.15) is 0 Å². The number of nitrogens with zero attached hydrogens (tertiary/aromatic N) is 1. The third kappa shape index (κ3) is 5.40.